The predicted octanol–water partition coefficient (Wildman–Crippen LogP) is 2.25. The summed E-state index contributed by atoms with van der Waals surface area (Å²) in [5, 5.41) is 2.99. The molecule has 0 fully saturated rings. The number of hydrogen-bond donors (Lipinski definition) is 1. The summed E-state index contributed by atoms with van der Waals surface area (Å²) in [5.74, 6) is 1.71. The Labute approximate surface area is 142 Å². The second-order valence-electron chi connectivity index (χ2n) is 5.69. The van der Waals surface area contributed by atoms with E-state index >= 15 is 0 Å². The zero-order valence-corrected chi connectivity index (χ0v) is 13.8. The molecule has 0 aromatic heterocycles. The van der Waals surface area contributed by atoms with Gasteiger partial charge in [0.1, 0.15) is 18.1 Å². The number of hydrogen-bond acceptors (Lipinski definition) is 4. The lowest BCUT2D eigenvalue weighted by Gasteiger charge is -2.30. The summed E-state index contributed by atoms with van der Waals surface area (Å²) in [5.41, 5.74) is 2.15. The molecule has 1 N–H and O–H groups in total. The molecule has 5 heteroatoms. The number of para-hydroxylation sites is 2. The molecule has 0 aliphatic carbocycles. The number of fused-ring (bicyclic) bond motifs is 1. The first-order chi connectivity index (χ1) is 11.8. The van der Waals surface area contributed by atoms with Gasteiger partial charge in [0.05, 0.1) is 25.9 Å². The number of carbonyl (C=O) groups is 1. The van der Waals surface area contributed by atoms with Crippen molar-refractivity contribution in [2.24, 2.45) is 0 Å². The Balaban J connectivity index is 1.48. The minimum absolute atomic E-state index is 0.0280. The summed E-state index contributed by atoms with van der Waals surface area (Å²) in [4.78, 5) is 14.3. The third kappa shape index (κ3) is 3.98. The summed E-state index contributed by atoms with van der Waals surface area (Å²) in [6.07, 6.45) is 0.801. The molecule has 1 amide bonds. The van der Waals surface area contributed by atoms with E-state index in [-0.39, 0.29) is 5.91 Å². The molecule has 0 saturated heterocycles. The van der Waals surface area contributed by atoms with Crippen molar-refractivity contribution in [1.29, 1.82) is 0 Å². The van der Waals surface area contributed by atoms with Crippen molar-refractivity contribution in [3.63, 3.8) is 0 Å². The van der Waals surface area contributed by atoms with Crippen LogP contribution in [0.25, 0.3) is 0 Å². The Kier molecular flexibility index (Phi) is 5.21. The number of rotatable bonds is 6. The largest absolute Gasteiger partial charge is 0.497 e. The molecule has 2 aromatic rings. The number of nitrogens with one attached hydrogen (secondary N) is 1. The Morgan fingerprint density at radius 2 is 2.00 bits per heavy atom. The standard InChI is InChI=1S/C19H22N2O3/c1-23-16-8-6-15(7-9-16)10-11-20-19(22)14-21-12-13-24-18-5-3-2-4-17(18)21/h2-9H,10-14H2,1H3,(H,20,22). The van der Waals surface area contributed by atoms with E-state index in [1.54, 1.807) is 7.11 Å². The zero-order chi connectivity index (χ0) is 16.8. The van der Waals surface area contributed by atoms with Crippen LogP contribution in [0.5, 0.6) is 11.5 Å². The fraction of sp³-hybridized carbons (Fsp3) is 0.316. The van der Waals surface area contributed by atoms with Crippen LogP contribution in [0.2, 0.25) is 0 Å². The van der Waals surface area contributed by atoms with Crippen LogP contribution in [0.3, 0.4) is 0 Å². The van der Waals surface area contributed by atoms with E-state index in [0.717, 1.165) is 30.2 Å². The predicted molar refractivity (Wildman–Crippen MR) is 93.9 cm³/mol. The van der Waals surface area contributed by atoms with Crippen LogP contribution in [-0.2, 0) is 11.2 Å². The number of nitrogens with zero attached hydrogens (tertiary/aromatic N) is 1. The number of benzene rings is 2. The minimum atomic E-state index is 0.0280. The highest BCUT2D eigenvalue weighted by Crippen LogP contribution is 2.30. The smallest absolute Gasteiger partial charge is 0.239 e. The molecule has 24 heavy (non-hydrogen) atoms. The molecule has 3 rings (SSSR count). The lowest BCUT2D eigenvalue weighted by Crippen LogP contribution is -2.41. The maximum Gasteiger partial charge on any atom is 0.239 e. The second-order valence-corrected chi connectivity index (χ2v) is 5.69. The number of anilines is 1. The van der Waals surface area contributed by atoms with Crippen molar-refractivity contribution in [3.05, 3.63) is 54.1 Å². The average molecular weight is 326 g/mol. The van der Waals surface area contributed by atoms with Crippen molar-refractivity contribution in [3.8, 4) is 11.5 Å². The normalized spacial score (nSPS) is 13.0. The van der Waals surface area contributed by atoms with Crippen LogP contribution in [0.15, 0.2) is 48.5 Å². The molecule has 0 spiro atoms. The first kappa shape index (κ1) is 16.2. The number of amides is 1. The summed E-state index contributed by atoms with van der Waals surface area (Å²) in [7, 11) is 1.65. The van der Waals surface area contributed by atoms with E-state index in [9.17, 15) is 4.79 Å². The van der Waals surface area contributed by atoms with E-state index in [0.29, 0.717) is 19.7 Å². The molecule has 0 saturated carbocycles. The van der Waals surface area contributed by atoms with Gasteiger partial charge in [-0.05, 0) is 36.2 Å². The van der Waals surface area contributed by atoms with Gasteiger partial charge in [0, 0.05) is 6.54 Å². The quantitative estimate of drug-likeness (QED) is 0.885. The highest BCUT2D eigenvalue weighted by Gasteiger charge is 2.19. The van der Waals surface area contributed by atoms with Crippen LogP contribution in [0, 0.1) is 0 Å². The molecule has 0 radical (unpaired) electrons. The lowest BCUT2D eigenvalue weighted by atomic mass is 10.1. The van der Waals surface area contributed by atoms with Gasteiger partial charge in [-0.15, -0.1) is 0 Å². The van der Waals surface area contributed by atoms with Gasteiger partial charge in [-0.25, -0.2) is 0 Å². The van der Waals surface area contributed by atoms with Crippen LogP contribution >= 0.6 is 0 Å². The molecule has 0 bridgehead atoms. The fourth-order valence-corrected chi connectivity index (χ4v) is 2.76. The van der Waals surface area contributed by atoms with Gasteiger partial charge in [0.25, 0.3) is 0 Å². The molecule has 2 aromatic carbocycles. The molecule has 126 valence electrons. The van der Waals surface area contributed by atoms with Crippen LogP contribution < -0.4 is 19.7 Å². The Hall–Kier alpha value is -2.69. The van der Waals surface area contributed by atoms with Crippen molar-refractivity contribution >= 4 is 11.6 Å². The molecule has 0 unspecified atom stereocenters. The van der Waals surface area contributed by atoms with Gasteiger partial charge in [0.15, 0.2) is 0 Å². The van der Waals surface area contributed by atoms with Crippen molar-refractivity contribution in [2.45, 2.75) is 6.42 Å². The summed E-state index contributed by atoms with van der Waals surface area (Å²) < 4.78 is 10.7. The molecule has 1 heterocycles. The van der Waals surface area contributed by atoms with Gasteiger partial charge in [-0.3, -0.25) is 4.79 Å². The highest BCUT2D eigenvalue weighted by atomic mass is 16.5. The molecular weight excluding hydrogens is 304 g/mol. The maximum atomic E-state index is 12.2. The lowest BCUT2D eigenvalue weighted by molar-refractivity contribution is -0.119. The van der Waals surface area contributed by atoms with Gasteiger partial charge in [-0.2, -0.15) is 0 Å². The van der Waals surface area contributed by atoms with Gasteiger partial charge < -0.3 is 19.7 Å². The van der Waals surface area contributed by atoms with Crippen LogP contribution in [0.1, 0.15) is 5.56 Å². The number of ether oxygens (including phenoxy) is 2. The summed E-state index contributed by atoms with van der Waals surface area (Å²) in [6, 6.07) is 15.7. The highest BCUT2D eigenvalue weighted by molar-refractivity contribution is 5.82. The fourth-order valence-electron chi connectivity index (χ4n) is 2.76. The van der Waals surface area contributed by atoms with E-state index in [1.807, 2.05) is 48.5 Å². The van der Waals surface area contributed by atoms with E-state index in [1.165, 1.54) is 5.56 Å². The third-order valence-corrected chi connectivity index (χ3v) is 4.05. The first-order valence-corrected chi connectivity index (χ1v) is 8.12. The number of carbonyl (C=O) groups excluding carboxylic acids is 1. The zero-order valence-electron chi connectivity index (χ0n) is 13.8. The third-order valence-electron chi connectivity index (χ3n) is 4.05. The van der Waals surface area contributed by atoms with Crippen LogP contribution in [0.4, 0.5) is 5.69 Å². The van der Waals surface area contributed by atoms with Gasteiger partial charge in [-0.1, -0.05) is 24.3 Å². The average Bonchev–Trinajstić information content (AvgIpc) is 2.63. The summed E-state index contributed by atoms with van der Waals surface area (Å²) >= 11 is 0. The Bertz CT molecular complexity index is 685. The monoisotopic (exact) mass is 326 g/mol. The maximum absolute atomic E-state index is 12.2. The van der Waals surface area contributed by atoms with Gasteiger partial charge in [0.2, 0.25) is 5.91 Å². The van der Waals surface area contributed by atoms with Crippen molar-refractivity contribution < 1.29 is 14.3 Å². The SMILES string of the molecule is COc1ccc(CCNC(=O)CN2CCOc3ccccc32)cc1. The van der Waals surface area contributed by atoms with Crippen LogP contribution in [-0.4, -0.2) is 39.3 Å². The molecule has 1 aliphatic heterocycles. The topological polar surface area (TPSA) is 50.8 Å². The molecular formula is C19H22N2O3. The van der Waals surface area contributed by atoms with Gasteiger partial charge >= 0.3 is 0 Å². The van der Waals surface area contributed by atoms with E-state index in [2.05, 4.69) is 10.2 Å². The first-order valence-electron chi connectivity index (χ1n) is 8.12. The van der Waals surface area contributed by atoms with Crippen molar-refractivity contribution in [1.82, 2.24) is 5.32 Å². The molecule has 5 nitrogen and oxygen atoms in total. The number of methoxy groups -OCH3 is 1. The molecule has 0 atom stereocenters. The second kappa shape index (κ2) is 7.73. The Morgan fingerprint density at radius 1 is 1.21 bits per heavy atom. The Morgan fingerprint density at radius 3 is 2.79 bits per heavy atom. The molecule has 1 aliphatic rings. The summed E-state index contributed by atoms with van der Waals surface area (Å²) in [6.45, 7) is 2.30. The van der Waals surface area contributed by atoms with E-state index < -0.39 is 0 Å². The van der Waals surface area contributed by atoms with Crippen molar-refractivity contribution in [2.75, 3.05) is 38.3 Å². The van der Waals surface area contributed by atoms with E-state index in [4.69, 9.17) is 9.47 Å². The minimum Gasteiger partial charge on any atom is -0.497 e.